The summed E-state index contributed by atoms with van der Waals surface area (Å²) >= 11 is 5.78. The predicted molar refractivity (Wildman–Crippen MR) is 120 cm³/mol. The van der Waals surface area contributed by atoms with E-state index in [4.69, 9.17) is 12.2 Å². The number of thiocarbonyl (C=S) groups is 1. The lowest BCUT2D eigenvalue weighted by atomic mass is 9.96. The molecule has 0 unspecified atom stereocenters. The minimum atomic E-state index is -0.0766. The quantitative estimate of drug-likeness (QED) is 0.488. The van der Waals surface area contributed by atoms with E-state index in [1.165, 1.54) is 5.56 Å². The van der Waals surface area contributed by atoms with Crippen LogP contribution in [0.25, 0.3) is 0 Å². The van der Waals surface area contributed by atoms with Crippen LogP contribution < -0.4 is 5.32 Å². The van der Waals surface area contributed by atoms with Crippen molar-refractivity contribution in [1.29, 1.82) is 0 Å². The minimum absolute atomic E-state index is 0.0409. The molecule has 1 saturated heterocycles. The van der Waals surface area contributed by atoms with Crippen LogP contribution in [0.15, 0.2) is 67.5 Å². The summed E-state index contributed by atoms with van der Waals surface area (Å²) in [6, 6.07) is 14.0. The number of nitrogens with one attached hydrogen (secondary N) is 1. The standard InChI is InChI=1S/C22H22N8S/c1-15-11-18(16(2)30(15)28-13-25-26-14-28)21-20(19-8-4-6-10-24-19)27-22(31)29(21)12-17-7-3-5-9-23-17/h3-11,13-14,20-21H,12H2,1-2H3,(H,27,31)/t20-,21+/m1/s1. The Morgan fingerprint density at radius 2 is 1.74 bits per heavy atom. The minimum Gasteiger partial charge on any atom is -0.352 e. The zero-order valence-electron chi connectivity index (χ0n) is 17.3. The van der Waals surface area contributed by atoms with Crippen molar-refractivity contribution in [3.63, 3.8) is 0 Å². The largest absolute Gasteiger partial charge is 0.352 e. The molecule has 0 aromatic carbocycles. The number of nitrogens with zero attached hydrogens (tertiary/aromatic N) is 7. The fourth-order valence-electron chi connectivity index (χ4n) is 4.31. The first-order valence-electron chi connectivity index (χ1n) is 10.1. The Balaban J connectivity index is 1.62. The fraction of sp³-hybridized carbons (Fsp3) is 0.227. The molecule has 0 amide bonds. The maximum Gasteiger partial charge on any atom is 0.170 e. The molecule has 8 nitrogen and oxygen atoms in total. The molecular weight excluding hydrogens is 408 g/mol. The molecule has 156 valence electrons. The second-order valence-electron chi connectivity index (χ2n) is 7.56. The normalized spacial score (nSPS) is 18.4. The van der Waals surface area contributed by atoms with Gasteiger partial charge in [-0.05, 0) is 56.4 Å². The Hall–Kier alpha value is -3.59. The van der Waals surface area contributed by atoms with Gasteiger partial charge in [0.25, 0.3) is 0 Å². The van der Waals surface area contributed by atoms with Gasteiger partial charge in [-0.1, -0.05) is 12.1 Å². The summed E-state index contributed by atoms with van der Waals surface area (Å²) in [5.74, 6) is 0. The van der Waals surface area contributed by atoms with Gasteiger partial charge in [0.1, 0.15) is 12.7 Å². The van der Waals surface area contributed by atoms with Gasteiger partial charge in [0.05, 0.1) is 30.0 Å². The van der Waals surface area contributed by atoms with E-state index in [-0.39, 0.29) is 12.1 Å². The molecule has 2 atom stereocenters. The van der Waals surface area contributed by atoms with Gasteiger partial charge >= 0.3 is 0 Å². The van der Waals surface area contributed by atoms with Crippen LogP contribution in [0.4, 0.5) is 0 Å². The number of aromatic nitrogens is 6. The van der Waals surface area contributed by atoms with Gasteiger partial charge in [0.15, 0.2) is 5.11 Å². The summed E-state index contributed by atoms with van der Waals surface area (Å²) in [5.41, 5.74) is 5.27. The fourth-order valence-corrected chi connectivity index (χ4v) is 4.62. The van der Waals surface area contributed by atoms with Crippen LogP contribution in [-0.2, 0) is 6.54 Å². The Labute approximate surface area is 185 Å². The highest BCUT2D eigenvalue weighted by Crippen LogP contribution is 2.41. The zero-order chi connectivity index (χ0) is 21.4. The number of rotatable bonds is 5. The van der Waals surface area contributed by atoms with Crippen LogP contribution in [0.1, 0.15) is 40.4 Å². The predicted octanol–water partition coefficient (Wildman–Crippen LogP) is 2.97. The molecule has 5 rings (SSSR count). The Morgan fingerprint density at radius 1 is 1.00 bits per heavy atom. The summed E-state index contributed by atoms with van der Waals surface area (Å²) in [5, 5.41) is 12.1. The molecule has 9 heteroatoms. The van der Waals surface area contributed by atoms with Crippen molar-refractivity contribution in [2.24, 2.45) is 0 Å². The molecule has 0 bridgehead atoms. The highest BCUT2D eigenvalue weighted by Gasteiger charge is 2.41. The van der Waals surface area contributed by atoms with Gasteiger partial charge in [-0.25, -0.2) is 4.68 Å². The van der Waals surface area contributed by atoms with Gasteiger partial charge in [-0.15, -0.1) is 10.2 Å². The first-order valence-corrected chi connectivity index (χ1v) is 10.5. The summed E-state index contributed by atoms with van der Waals surface area (Å²) in [7, 11) is 0. The molecule has 0 spiro atoms. The lowest BCUT2D eigenvalue weighted by Crippen LogP contribution is -2.29. The van der Waals surface area contributed by atoms with Crippen LogP contribution in [0.3, 0.4) is 0 Å². The second kappa shape index (κ2) is 7.92. The van der Waals surface area contributed by atoms with Crippen molar-refractivity contribution in [2.75, 3.05) is 0 Å². The molecule has 5 heterocycles. The lowest BCUT2D eigenvalue weighted by Gasteiger charge is -2.28. The van der Waals surface area contributed by atoms with E-state index in [2.05, 4.69) is 55.0 Å². The molecule has 31 heavy (non-hydrogen) atoms. The van der Waals surface area contributed by atoms with Gasteiger partial charge < -0.3 is 10.2 Å². The number of hydrogen-bond donors (Lipinski definition) is 1. The summed E-state index contributed by atoms with van der Waals surface area (Å²) in [4.78, 5) is 11.3. The maximum absolute atomic E-state index is 5.78. The Bertz CT molecular complexity index is 1190. The highest BCUT2D eigenvalue weighted by atomic mass is 32.1. The monoisotopic (exact) mass is 430 g/mol. The zero-order valence-corrected chi connectivity index (χ0v) is 18.1. The molecule has 1 fully saturated rings. The third-order valence-corrected chi connectivity index (χ3v) is 6.00. The second-order valence-corrected chi connectivity index (χ2v) is 7.94. The summed E-state index contributed by atoms with van der Waals surface area (Å²) in [6.45, 7) is 4.80. The van der Waals surface area contributed by atoms with Crippen molar-refractivity contribution >= 4 is 17.3 Å². The van der Waals surface area contributed by atoms with E-state index >= 15 is 0 Å². The Morgan fingerprint density at radius 3 is 2.42 bits per heavy atom. The van der Waals surface area contributed by atoms with Gasteiger partial charge in [0, 0.05) is 29.3 Å². The van der Waals surface area contributed by atoms with Crippen molar-refractivity contribution < 1.29 is 0 Å². The SMILES string of the molecule is Cc1cc([C@H]2[C@@H](c3ccccn3)NC(=S)N2Cc2ccccn2)c(C)n1-n1cnnc1. The number of aryl methyl sites for hydroxylation is 1. The number of hydrogen-bond acceptors (Lipinski definition) is 5. The molecule has 4 aromatic heterocycles. The molecule has 0 aliphatic carbocycles. The summed E-state index contributed by atoms with van der Waals surface area (Å²) < 4.78 is 3.98. The van der Waals surface area contributed by atoms with Crippen LogP contribution in [0, 0.1) is 13.8 Å². The van der Waals surface area contributed by atoms with Gasteiger partial charge in [-0.3, -0.25) is 14.6 Å². The van der Waals surface area contributed by atoms with E-state index in [0.29, 0.717) is 11.7 Å². The van der Waals surface area contributed by atoms with Crippen LogP contribution in [0.2, 0.25) is 0 Å². The third-order valence-electron chi connectivity index (χ3n) is 5.65. The molecule has 0 radical (unpaired) electrons. The lowest BCUT2D eigenvalue weighted by molar-refractivity contribution is 0.306. The van der Waals surface area contributed by atoms with Gasteiger partial charge in [0.2, 0.25) is 0 Å². The highest BCUT2D eigenvalue weighted by molar-refractivity contribution is 7.80. The maximum atomic E-state index is 5.78. The molecule has 0 saturated carbocycles. The average molecular weight is 431 g/mol. The molecule has 1 aliphatic heterocycles. The van der Waals surface area contributed by atoms with Crippen molar-refractivity contribution in [3.05, 3.63) is 95.9 Å². The first kappa shape index (κ1) is 19.4. The summed E-state index contributed by atoms with van der Waals surface area (Å²) in [6.07, 6.45) is 7.02. The van der Waals surface area contributed by atoms with Crippen molar-refractivity contribution in [1.82, 2.24) is 39.7 Å². The van der Waals surface area contributed by atoms with Crippen LogP contribution >= 0.6 is 12.2 Å². The smallest absolute Gasteiger partial charge is 0.170 e. The van der Waals surface area contributed by atoms with E-state index < -0.39 is 0 Å². The third kappa shape index (κ3) is 3.46. The first-order chi connectivity index (χ1) is 15.1. The van der Waals surface area contributed by atoms with Crippen LogP contribution in [0.5, 0.6) is 0 Å². The van der Waals surface area contributed by atoms with E-state index in [1.54, 1.807) is 12.7 Å². The van der Waals surface area contributed by atoms with Crippen molar-refractivity contribution in [3.8, 4) is 0 Å². The van der Waals surface area contributed by atoms with Crippen molar-refractivity contribution in [2.45, 2.75) is 32.5 Å². The van der Waals surface area contributed by atoms with Gasteiger partial charge in [-0.2, -0.15) is 0 Å². The van der Waals surface area contributed by atoms with E-state index in [0.717, 1.165) is 22.8 Å². The molecule has 1 aliphatic rings. The Kier molecular flexibility index (Phi) is 4.95. The molecular formula is C22H22N8S. The molecule has 1 N–H and O–H groups in total. The van der Waals surface area contributed by atoms with E-state index in [9.17, 15) is 0 Å². The number of pyridine rings is 2. The van der Waals surface area contributed by atoms with Crippen LogP contribution in [-0.4, -0.2) is 39.5 Å². The van der Waals surface area contributed by atoms with E-state index in [1.807, 2.05) is 53.5 Å². The average Bonchev–Trinajstić information content (AvgIpc) is 3.49. The topological polar surface area (TPSA) is 76.7 Å². The molecule has 4 aromatic rings.